The van der Waals surface area contributed by atoms with Crippen LogP contribution in [0.25, 0.3) is 0 Å². The molecule has 0 aliphatic heterocycles. The number of amides is 1. The average molecular weight is 143 g/mol. The molecule has 0 aromatic rings. The molecule has 0 aliphatic carbocycles. The molecule has 3 heteroatoms. The molecule has 3 nitrogen and oxygen atoms in total. The monoisotopic (exact) mass is 143 g/mol. The van der Waals surface area contributed by atoms with E-state index in [0.717, 1.165) is 6.42 Å². The number of hydrogen-bond donors (Lipinski definition) is 0. The fraction of sp³-hybridized carbons (Fsp3) is 0.571. The Morgan fingerprint density at radius 1 is 1.70 bits per heavy atom. The molecule has 0 aromatic heterocycles. The molecule has 10 heavy (non-hydrogen) atoms. The van der Waals surface area contributed by atoms with Crippen LogP contribution in [-0.4, -0.2) is 18.0 Å². The fourth-order valence-corrected chi connectivity index (χ4v) is 0.305. The summed E-state index contributed by atoms with van der Waals surface area (Å²) in [4.78, 5) is 15.4. The van der Waals surface area contributed by atoms with Crippen molar-refractivity contribution in [2.75, 3.05) is 7.05 Å². The van der Waals surface area contributed by atoms with Crippen LogP contribution in [0.15, 0.2) is 12.3 Å². The lowest BCUT2D eigenvalue weighted by Crippen LogP contribution is -2.21. The molecule has 0 bridgehead atoms. The van der Waals surface area contributed by atoms with Gasteiger partial charge in [0.1, 0.15) is 6.26 Å². The van der Waals surface area contributed by atoms with Crippen molar-refractivity contribution in [1.29, 1.82) is 0 Å². The molecule has 0 fully saturated rings. The molecule has 0 spiro atoms. The summed E-state index contributed by atoms with van der Waals surface area (Å²) in [7, 11) is 1.57. The summed E-state index contributed by atoms with van der Waals surface area (Å²) in [5.74, 6) is -0.110. The second-order valence-corrected chi connectivity index (χ2v) is 1.90. The first-order valence-electron chi connectivity index (χ1n) is 3.24. The van der Waals surface area contributed by atoms with Crippen molar-refractivity contribution in [3.05, 3.63) is 12.3 Å². The Morgan fingerprint density at radius 2 is 2.30 bits per heavy atom. The summed E-state index contributed by atoms with van der Waals surface area (Å²) < 4.78 is 0. The van der Waals surface area contributed by atoms with Gasteiger partial charge in [0.25, 0.3) is 5.91 Å². The van der Waals surface area contributed by atoms with Gasteiger partial charge >= 0.3 is 0 Å². The lowest BCUT2D eigenvalue weighted by molar-refractivity contribution is -0.158. The Balaban J connectivity index is 3.48. The van der Waals surface area contributed by atoms with Crippen molar-refractivity contribution in [3.8, 4) is 0 Å². The molecule has 0 rings (SSSR count). The number of rotatable bonds is 3. The molecule has 0 saturated carbocycles. The average Bonchev–Trinajstić information content (AvgIpc) is 1.88. The van der Waals surface area contributed by atoms with Gasteiger partial charge in [-0.25, -0.2) is 0 Å². The van der Waals surface area contributed by atoms with Gasteiger partial charge in [-0.15, -0.1) is 0 Å². The van der Waals surface area contributed by atoms with E-state index in [1.807, 2.05) is 13.0 Å². The molecule has 0 aliphatic rings. The maximum atomic E-state index is 10.5. The minimum atomic E-state index is -0.110. The van der Waals surface area contributed by atoms with Gasteiger partial charge in [0.15, 0.2) is 0 Å². The fourth-order valence-electron chi connectivity index (χ4n) is 0.305. The topological polar surface area (TPSA) is 29.5 Å². The summed E-state index contributed by atoms with van der Waals surface area (Å²) >= 11 is 0. The summed E-state index contributed by atoms with van der Waals surface area (Å²) in [5.41, 5.74) is 0. The maximum absolute atomic E-state index is 10.5. The number of nitrogens with zero attached hydrogens (tertiary/aromatic N) is 1. The van der Waals surface area contributed by atoms with Gasteiger partial charge in [-0.2, -0.15) is 5.06 Å². The molecule has 0 N–H and O–H groups in total. The smallest absolute Gasteiger partial charge is 0.251 e. The number of allylic oxidation sites excluding steroid dienone is 1. The third kappa shape index (κ3) is 3.95. The lowest BCUT2D eigenvalue weighted by atomic mass is 10.5. The molecule has 0 aromatic carbocycles. The van der Waals surface area contributed by atoms with Crippen molar-refractivity contribution in [2.45, 2.75) is 20.3 Å². The molecule has 0 atom stereocenters. The SMILES string of the molecule is CC/C=C\ON(C)C(C)=O. The Hall–Kier alpha value is -0.990. The van der Waals surface area contributed by atoms with E-state index < -0.39 is 0 Å². The third-order valence-corrected chi connectivity index (χ3v) is 0.994. The third-order valence-electron chi connectivity index (χ3n) is 0.994. The number of hydrogen-bond acceptors (Lipinski definition) is 2. The van der Waals surface area contributed by atoms with Gasteiger partial charge in [-0.3, -0.25) is 4.79 Å². The molecule has 0 unspecified atom stereocenters. The van der Waals surface area contributed by atoms with E-state index in [4.69, 9.17) is 4.84 Å². The molecular weight excluding hydrogens is 130 g/mol. The first-order valence-corrected chi connectivity index (χ1v) is 3.24. The first kappa shape index (κ1) is 9.01. The van der Waals surface area contributed by atoms with Crippen LogP contribution in [0.2, 0.25) is 0 Å². The van der Waals surface area contributed by atoms with Crippen LogP contribution in [0.4, 0.5) is 0 Å². The van der Waals surface area contributed by atoms with E-state index in [0.29, 0.717) is 0 Å². The number of carbonyl (C=O) groups excluding carboxylic acids is 1. The summed E-state index contributed by atoms with van der Waals surface area (Å²) in [6, 6.07) is 0. The summed E-state index contributed by atoms with van der Waals surface area (Å²) in [6.07, 6.45) is 4.24. The molecule has 0 radical (unpaired) electrons. The zero-order valence-electron chi connectivity index (χ0n) is 6.63. The molecule has 58 valence electrons. The van der Waals surface area contributed by atoms with E-state index in [1.54, 1.807) is 7.05 Å². The van der Waals surface area contributed by atoms with Gasteiger partial charge in [0.2, 0.25) is 0 Å². The highest BCUT2D eigenvalue weighted by Gasteiger charge is 1.97. The van der Waals surface area contributed by atoms with Crippen LogP contribution >= 0.6 is 0 Å². The van der Waals surface area contributed by atoms with Crippen molar-refractivity contribution in [3.63, 3.8) is 0 Å². The molecule has 1 amide bonds. The Kier molecular flexibility index (Phi) is 4.37. The second-order valence-electron chi connectivity index (χ2n) is 1.90. The predicted octanol–water partition coefficient (Wildman–Crippen LogP) is 1.32. The normalized spacial score (nSPS) is 9.90. The van der Waals surface area contributed by atoms with Crippen molar-refractivity contribution >= 4 is 5.91 Å². The highest BCUT2D eigenvalue weighted by atomic mass is 16.7. The lowest BCUT2D eigenvalue weighted by Gasteiger charge is -2.11. The van der Waals surface area contributed by atoms with Crippen LogP contribution < -0.4 is 0 Å². The van der Waals surface area contributed by atoms with Gasteiger partial charge in [-0.05, 0) is 12.5 Å². The van der Waals surface area contributed by atoms with Crippen molar-refractivity contribution in [2.24, 2.45) is 0 Å². The molecular formula is C7H13NO2. The summed E-state index contributed by atoms with van der Waals surface area (Å²) in [6.45, 7) is 3.44. The predicted molar refractivity (Wildman–Crippen MR) is 39.0 cm³/mol. The van der Waals surface area contributed by atoms with Crippen molar-refractivity contribution in [1.82, 2.24) is 5.06 Å². The van der Waals surface area contributed by atoms with E-state index in [-0.39, 0.29) is 5.91 Å². The standard InChI is InChI=1S/C7H13NO2/c1-4-5-6-10-8(3)7(2)9/h5-6H,4H2,1-3H3/b6-5-. The zero-order valence-corrected chi connectivity index (χ0v) is 6.63. The van der Waals surface area contributed by atoms with Gasteiger partial charge in [-0.1, -0.05) is 6.92 Å². The van der Waals surface area contributed by atoms with E-state index in [2.05, 4.69) is 0 Å². The highest BCUT2D eigenvalue weighted by Crippen LogP contribution is 1.88. The van der Waals surface area contributed by atoms with Crippen LogP contribution in [0.1, 0.15) is 20.3 Å². The quantitative estimate of drug-likeness (QED) is 0.440. The highest BCUT2D eigenvalue weighted by molar-refractivity contribution is 5.71. The maximum Gasteiger partial charge on any atom is 0.251 e. The van der Waals surface area contributed by atoms with E-state index in [1.165, 1.54) is 18.2 Å². The Morgan fingerprint density at radius 3 is 2.70 bits per heavy atom. The molecule has 0 saturated heterocycles. The second kappa shape index (κ2) is 4.85. The van der Waals surface area contributed by atoms with Crippen LogP contribution in [0, 0.1) is 0 Å². The van der Waals surface area contributed by atoms with Crippen molar-refractivity contribution < 1.29 is 9.63 Å². The van der Waals surface area contributed by atoms with Crippen LogP contribution in [0.3, 0.4) is 0 Å². The minimum Gasteiger partial charge on any atom is -0.385 e. The zero-order chi connectivity index (χ0) is 7.98. The van der Waals surface area contributed by atoms with Crippen LogP contribution in [-0.2, 0) is 9.63 Å². The Bertz CT molecular complexity index is 132. The first-order chi connectivity index (χ1) is 4.68. The number of carbonyl (C=O) groups is 1. The molecule has 0 heterocycles. The van der Waals surface area contributed by atoms with E-state index in [9.17, 15) is 4.79 Å². The van der Waals surface area contributed by atoms with Gasteiger partial charge in [0, 0.05) is 14.0 Å². The van der Waals surface area contributed by atoms with E-state index >= 15 is 0 Å². The van der Waals surface area contributed by atoms with Crippen LogP contribution in [0.5, 0.6) is 0 Å². The van der Waals surface area contributed by atoms with Gasteiger partial charge in [0.05, 0.1) is 0 Å². The largest absolute Gasteiger partial charge is 0.385 e. The minimum absolute atomic E-state index is 0.110. The Labute approximate surface area is 61.2 Å². The summed E-state index contributed by atoms with van der Waals surface area (Å²) in [5, 5.41) is 1.17. The van der Waals surface area contributed by atoms with Gasteiger partial charge < -0.3 is 4.84 Å². The number of hydroxylamine groups is 2.